The molecule has 21 heavy (non-hydrogen) atoms. The number of nitrogens with one attached hydrogen (secondary N) is 1. The molecule has 1 saturated carbocycles. The molecule has 1 aromatic carbocycles. The fraction of sp³-hybridized carbons (Fsp3) is 0.471. The molecule has 2 aromatic rings. The van der Waals surface area contributed by atoms with E-state index in [0.29, 0.717) is 5.92 Å². The van der Waals surface area contributed by atoms with Crippen molar-refractivity contribution in [3.05, 3.63) is 41.5 Å². The lowest BCUT2D eigenvalue weighted by molar-refractivity contribution is 0.519. The highest BCUT2D eigenvalue weighted by molar-refractivity contribution is 7.10. The van der Waals surface area contributed by atoms with E-state index in [9.17, 15) is 0 Å². The third-order valence-corrected chi connectivity index (χ3v) is 4.87. The Morgan fingerprint density at radius 1 is 1.29 bits per heavy atom. The average molecular weight is 301 g/mol. The van der Waals surface area contributed by atoms with E-state index in [1.165, 1.54) is 40.5 Å². The maximum absolute atomic E-state index is 6.03. The highest BCUT2D eigenvalue weighted by Gasteiger charge is 2.32. The van der Waals surface area contributed by atoms with Gasteiger partial charge in [0, 0.05) is 11.1 Å². The smallest absolute Gasteiger partial charge is 0.142 e. The van der Waals surface area contributed by atoms with E-state index in [4.69, 9.17) is 5.73 Å². The summed E-state index contributed by atoms with van der Waals surface area (Å²) in [5.41, 5.74) is 8.71. The molecule has 0 radical (unpaired) electrons. The molecule has 3 rings (SSSR count). The van der Waals surface area contributed by atoms with Crippen LogP contribution in [-0.4, -0.2) is 9.91 Å². The van der Waals surface area contributed by atoms with Crippen molar-refractivity contribution < 1.29 is 0 Å². The molecule has 0 bridgehead atoms. The Morgan fingerprint density at radius 3 is 2.67 bits per heavy atom. The summed E-state index contributed by atoms with van der Waals surface area (Å²) in [5.74, 6) is 1.36. The van der Waals surface area contributed by atoms with Gasteiger partial charge in [-0.1, -0.05) is 30.3 Å². The van der Waals surface area contributed by atoms with Crippen molar-refractivity contribution in [3.8, 4) is 0 Å². The quantitative estimate of drug-likeness (QED) is 0.830. The van der Waals surface area contributed by atoms with Crippen molar-refractivity contribution >= 4 is 22.4 Å². The summed E-state index contributed by atoms with van der Waals surface area (Å²) < 4.78 is 4.34. The minimum Gasteiger partial charge on any atom is -0.383 e. The summed E-state index contributed by atoms with van der Waals surface area (Å²) >= 11 is 1.51. The van der Waals surface area contributed by atoms with Crippen LogP contribution < -0.4 is 11.1 Å². The van der Waals surface area contributed by atoms with Gasteiger partial charge in [-0.2, -0.15) is 4.37 Å². The predicted octanol–water partition coefficient (Wildman–Crippen LogP) is 4.43. The Morgan fingerprint density at radius 2 is 2.00 bits per heavy atom. The Kier molecular flexibility index (Phi) is 3.89. The third-order valence-electron chi connectivity index (χ3n) is 4.07. The minimum absolute atomic E-state index is 0.0401. The minimum atomic E-state index is 0.0401. The highest BCUT2D eigenvalue weighted by atomic mass is 32.1. The van der Waals surface area contributed by atoms with Gasteiger partial charge in [-0.05, 0) is 62.5 Å². The lowest BCUT2D eigenvalue weighted by Crippen LogP contribution is -2.31. The van der Waals surface area contributed by atoms with E-state index in [2.05, 4.69) is 53.9 Å². The van der Waals surface area contributed by atoms with Gasteiger partial charge in [0.2, 0.25) is 0 Å². The molecule has 0 amide bonds. The number of hydrogen-bond donors (Lipinski definition) is 2. The van der Waals surface area contributed by atoms with E-state index in [1.807, 2.05) is 0 Å². The van der Waals surface area contributed by atoms with Gasteiger partial charge in [0.25, 0.3) is 0 Å². The summed E-state index contributed by atoms with van der Waals surface area (Å²) in [4.78, 5) is 0. The molecule has 0 unspecified atom stereocenters. The number of hydrogen-bond acceptors (Lipinski definition) is 4. The number of rotatable bonds is 6. The summed E-state index contributed by atoms with van der Waals surface area (Å²) in [6, 6.07) is 10.7. The Bertz CT molecular complexity index is 600. The van der Waals surface area contributed by atoms with Crippen LogP contribution >= 0.6 is 11.5 Å². The number of nitrogens with zero attached hydrogens (tertiary/aromatic N) is 1. The van der Waals surface area contributed by atoms with Gasteiger partial charge in [-0.25, -0.2) is 0 Å². The first kappa shape index (κ1) is 14.4. The third kappa shape index (κ3) is 3.56. The summed E-state index contributed by atoms with van der Waals surface area (Å²) in [6.45, 7) is 4.51. The highest BCUT2D eigenvalue weighted by Crippen LogP contribution is 2.48. The molecule has 3 nitrogen and oxygen atoms in total. The van der Waals surface area contributed by atoms with Crippen LogP contribution in [0.2, 0.25) is 0 Å². The molecule has 4 heteroatoms. The van der Waals surface area contributed by atoms with E-state index < -0.39 is 0 Å². The molecular weight excluding hydrogens is 278 g/mol. The molecule has 1 aliphatic rings. The molecule has 0 atom stereocenters. The van der Waals surface area contributed by atoms with Crippen molar-refractivity contribution in [2.45, 2.75) is 51.0 Å². The fourth-order valence-electron chi connectivity index (χ4n) is 2.64. The molecule has 3 N–H and O–H groups in total. The maximum Gasteiger partial charge on any atom is 0.142 e. The largest absolute Gasteiger partial charge is 0.383 e. The van der Waals surface area contributed by atoms with Gasteiger partial charge in [0.1, 0.15) is 10.8 Å². The van der Waals surface area contributed by atoms with Crippen LogP contribution in [0.25, 0.3) is 0 Å². The van der Waals surface area contributed by atoms with E-state index in [1.54, 1.807) is 0 Å². The molecule has 112 valence electrons. The molecule has 0 spiro atoms. The van der Waals surface area contributed by atoms with Crippen molar-refractivity contribution in [2.75, 3.05) is 11.1 Å². The fourth-order valence-corrected chi connectivity index (χ4v) is 3.62. The van der Waals surface area contributed by atoms with Crippen molar-refractivity contribution in [1.82, 2.24) is 4.37 Å². The maximum atomic E-state index is 6.03. The lowest BCUT2D eigenvalue weighted by atomic mass is 9.95. The normalized spacial score (nSPS) is 15.1. The Balaban J connectivity index is 1.65. The molecule has 0 saturated heterocycles. The van der Waals surface area contributed by atoms with Crippen molar-refractivity contribution in [2.24, 2.45) is 0 Å². The number of anilines is 2. The first-order valence-electron chi connectivity index (χ1n) is 7.62. The number of nitrogen functional groups attached to an aromatic ring is 1. The predicted molar refractivity (Wildman–Crippen MR) is 91.0 cm³/mol. The Hall–Kier alpha value is -1.55. The number of nitrogens with two attached hydrogens (primary N) is 1. The van der Waals surface area contributed by atoms with Gasteiger partial charge >= 0.3 is 0 Å². The standard InChI is InChI=1S/C17H23N3S/c1-17(2,11-10-12-6-4-3-5-7-12)19-16-14(13-8-9-13)15(18)20-21-16/h3-7,13,19H,8-11H2,1-2H3,(H2,18,20). The SMILES string of the molecule is CC(C)(CCc1ccccc1)Nc1snc(N)c1C1CC1. The molecule has 1 aliphatic carbocycles. The molecule has 1 fully saturated rings. The van der Waals surface area contributed by atoms with Gasteiger partial charge in [-0.3, -0.25) is 0 Å². The van der Waals surface area contributed by atoms with Gasteiger partial charge in [0.05, 0.1) is 0 Å². The van der Waals surface area contributed by atoms with Crippen LogP contribution in [0.3, 0.4) is 0 Å². The summed E-state index contributed by atoms with van der Waals surface area (Å²) in [7, 11) is 0. The van der Waals surface area contributed by atoms with Crippen LogP contribution in [0.1, 0.15) is 50.2 Å². The first-order chi connectivity index (χ1) is 10.1. The zero-order chi connectivity index (χ0) is 14.9. The zero-order valence-electron chi connectivity index (χ0n) is 12.7. The average Bonchev–Trinajstić information content (AvgIpc) is 3.23. The molecule has 0 aliphatic heterocycles. The lowest BCUT2D eigenvalue weighted by Gasteiger charge is -2.27. The van der Waals surface area contributed by atoms with E-state index in [-0.39, 0.29) is 5.54 Å². The summed E-state index contributed by atoms with van der Waals surface area (Å²) in [6.07, 6.45) is 4.66. The second kappa shape index (κ2) is 5.68. The van der Waals surface area contributed by atoms with Crippen molar-refractivity contribution in [1.29, 1.82) is 0 Å². The van der Waals surface area contributed by atoms with Crippen LogP contribution in [0.4, 0.5) is 10.8 Å². The molecular formula is C17H23N3S. The second-order valence-electron chi connectivity index (χ2n) is 6.58. The number of aryl methyl sites for hydroxylation is 1. The van der Waals surface area contributed by atoms with Crippen LogP contribution in [0.5, 0.6) is 0 Å². The van der Waals surface area contributed by atoms with Crippen LogP contribution in [0, 0.1) is 0 Å². The van der Waals surface area contributed by atoms with Crippen molar-refractivity contribution in [3.63, 3.8) is 0 Å². The second-order valence-corrected chi connectivity index (χ2v) is 7.35. The van der Waals surface area contributed by atoms with E-state index >= 15 is 0 Å². The van der Waals surface area contributed by atoms with Gasteiger partial charge < -0.3 is 11.1 Å². The number of aromatic nitrogens is 1. The van der Waals surface area contributed by atoms with E-state index in [0.717, 1.165) is 18.7 Å². The summed E-state index contributed by atoms with van der Waals surface area (Å²) in [5, 5.41) is 4.85. The molecule has 1 heterocycles. The monoisotopic (exact) mass is 301 g/mol. The van der Waals surface area contributed by atoms with Crippen LogP contribution in [-0.2, 0) is 6.42 Å². The molecule has 1 aromatic heterocycles. The topological polar surface area (TPSA) is 50.9 Å². The van der Waals surface area contributed by atoms with Gasteiger partial charge in [-0.15, -0.1) is 0 Å². The Labute approximate surface area is 130 Å². The van der Waals surface area contributed by atoms with Gasteiger partial charge in [0.15, 0.2) is 0 Å². The number of benzene rings is 1. The first-order valence-corrected chi connectivity index (χ1v) is 8.40. The van der Waals surface area contributed by atoms with Crippen LogP contribution in [0.15, 0.2) is 30.3 Å². The zero-order valence-corrected chi connectivity index (χ0v) is 13.5.